The maximum atomic E-state index is 13.3. The van der Waals surface area contributed by atoms with Crippen molar-refractivity contribution in [3.63, 3.8) is 0 Å². The Balaban J connectivity index is 1.77. The molecular weight excluding hydrogens is 468 g/mol. The number of hydrogen-bond acceptors (Lipinski definition) is 4. The van der Waals surface area contributed by atoms with E-state index in [1.807, 2.05) is 42.5 Å². The molecule has 1 aromatic heterocycles. The monoisotopic (exact) mass is 484 g/mol. The van der Waals surface area contributed by atoms with E-state index in [-0.39, 0.29) is 11.3 Å². The predicted octanol–water partition coefficient (Wildman–Crippen LogP) is 5.62. The quantitative estimate of drug-likeness (QED) is 0.232. The van der Waals surface area contributed by atoms with Crippen LogP contribution >= 0.6 is 15.9 Å². The van der Waals surface area contributed by atoms with Crippen molar-refractivity contribution in [1.29, 1.82) is 0 Å². The van der Waals surface area contributed by atoms with Crippen molar-refractivity contribution in [2.45, 2.75) is 6.04 Å². The first-order valence-electron chi connectivity index (χ1n) is 10.0. The molecule has 1 amide bonds. The molecule has 1 fully saturated rings. The van der Waals surface area contributed by atoms with Crippen LogP contribution in [-0.4, -0.2) is 21.8 Å². The summed E-state index contributed by atoms with van der Waals surface area (Å²) >= 11 is 3.38. The zero-order valence-electron chi connectivity index (χ0n) is 16.8. The van der Waals surface area contributed by atoms with Crippen LogP contribution in [0, 0.1) is 0 Å². The third kappa shape index (κ3) is 3.29. The van der Waals surface area contributed by atoms with Crippen LogP contribution in [0.25, 0.3) is 16.5 Å². The number of benzene rings is 3. The van der Waals surface area contributed by atoms with E-state index in [4.69, 9.17) is 0 Å². The van der Waals surface area contributed by atoms with Gasteiger partial charge in [-0.2, -0.15) is 0 Å². The summed E-state index contributed by atoms with van der Waals surface area (Å²) in [4.78, 5) is 32.2. The van der Waals surface area contributed by atoms with E-state index in [1.165, 1.54) is 4.90 Å². The van der Waals surface area contributed by atoms with E-state index in [2.05, 4.69) is 20.9 Å². The average Bonchev–Trinajstić information content (AvgIpc) is 3.09. The fourth-order valence-electron chi connectivity index (χ4n) is 4.12. The normalized spacial score (nSPS) is 17.8. The highest BCUT2D eigenvalue weighted by Crippen LogP contribution is 2.43. The van der Waals surface area contributed by atoms with Gasteiger partial charge in [-0.05, 0) is 35.2 Å². The van der Waals surface area contributed by atoms with Crippen molar-refractivity contribution in [1.82, 2.24) is 4.98 Å². The maximum Gasteiger partial charge on any atom is 0.300 e. The molecule has 1 atom stereocenters. The predicted molar refractivity (Wildman–Crippen MR) is 127 cm³/mol. The Labute approximate surface area is 192 Å². The van der Waals surface area contributed by atoms with Crippen LogP contribution in [-0.2, 0) is 9.59 Å². The van der Waals surface area contributed by atoms with Gasteiger partial charge in [-0.3, -0.25) is 19.5 Å². The average molecular weight is 485 g/mol. The molecule has 0 spiro atoms. The number of aliphatic hydroxyl groups excluding tert-OH is 1. The first-order chi connectivity index (χ1) is 15.6. The molecule has 5 rings (SSSR count). The number of ketones is 1. The van der Waals surface area contributed by atoms with Crippen molar-refractivity contribution in [3.05, 3.63) is 112 Å². The molecule has 1 unspecified atom stereocenters. The number of nitrogens with zero attached hydrogens (tertiary/aromatic N) is 2. The van der Waals surface area contributed by atoms with Crippen molar-refractivity contribution in [3.8, 4) is 0 Å². The first kappa shape index (κ1) is 20.2. The summed E-state index contributed by atoms with van der Waals surface area (Å²) < 4.78 is 0.842. The first-order valence-corrected chi connectivity index (χ1v) is 10.8. The molecule has 3 aromatic carbocycles. The molecule has 4 aromatic rings. The Morgan fingerprint density at radius 2 is 1.66 bits per heavy atom. The molecule has 1 saturated heterocycles. The number of carbonyl (C=O) groups is 2. The third-order valence-corrected chi connectivity index (χ3v) is 6.12. The van der Waals surface area contributed by atoms with E-state index in [1.54, 1.807) is 48.8 Å². The Hall–Kier alpha value is -3.77. The zero-order valence-corrected chi connectivity index (χ0v) is 18.4. The second-order valence-electron chi connectivity index (χ2n) is 7.46. The lowest BCUT2D eigenvalue weighted by atomic mass is 9.96. The summed E-state index contributed by atoms with van der Waals surface area (Å²) in [5.41, 5.74) is 1.74. The number of amides is 1. The molecule has 0 radical (unpaired) electrons. The molecule has 0 bridgehead atoms. The van der Waals surface area contributed by atoms with Gasteiger partial charge in [0.15, 0.2) is 0 Å². The lowest BCUT2D eigenvalue weighted by Crippen LogP contribution is -2.29. The molecule has 2 heterocycles. The van der Waals surface area contributed by atoms with Crippen LogP contribution in [0.1, 0.15) is 17.2 Å². The van der Waals surface area contributed by atoms with Gasteiger partial charge in [0.25, 0.3) is 11.7 Å². The van der Waals surface area contributed by atoms with Gasteiger partial charge in [-0.15, -0.1) is 0 Å². The highest BCUT2D eigenvalue weighted by Gasteiger charge is 2.47. The minimum Gasteiger partial charge on any atom is -0.507 e. The summed E-state index contributed by atoms with van der Waals surface area (Å²) in [5, 5.41) is 12.9. The summed E-state index contributed by atoms with van der Waals surface area (Å²) in [6.45, 7) is 0. The van der Waals surface area contributed by atoms with Gasteiger partial charge in [0, 0.05) is 27.8 Å². The number of carbonyl (C=O) groups excluding carboxylic acids is 2. The number of hydrogen-bond donors (Lipinski definition) is 1. The highest BCUT2D eigenvalue weighted by molar-refractivity contribution is 9.10. The van der Waals surface area contributed by atoms with Crippen LogP contribution in [0.3, 0.4) is 0 Å². The smallest absolute Gasteiger partial charge is 0.300 e. The van der Waals surface area contributed by atoms with Crippen LogP contribution in [0.5, 0.6) is 0 Å². The highest BCUT2D eigenvalue weighted by atomic mass is 79.9. The van der Waals surface area contributed by atoms with Gasteiger partial charge in [0.1, 0.15) is 5.76 Å². The molecule has 0 aliphatic carbocycles. The van der Waals surface area contributed by atoms with E-state index in [0.717, 1.165) is 15.2 Å². The second-order valence-corrected chi connectivity index (χ2v) is 8.38. The number of halogens is 1. The number of aliphatic hydroxyl groups is 1. The number of aromatic nitrogens is 1. The molecule has 1 aliphatic heterocycles. The summed E-state index contributed by atoms with van der Waals surface area (Å²) in [6, 6.07) is 23.0. The Kier molecular flexibility index (Phi) is 5.07. The fraction of sp³-hybridized carbons (Fsp3) is 0.0385. The standard InChI is InChI=1S/C26H17BrN2O3/c27-19-12-10-17(11-13-19)24(30)22-23(18-7-4-14-28-15-18)29(26(32)25(22)31)21-9-3-6-16-5-1-2-8-20(16)21/h1-15,23,30H/b24-22+. The number of rotatable bonds is 3. The topological polar surface area (TPSA) is 70.5 Å². The molecule has 1 N–H and O–H groups in total. The number of Topliss-reactive ketones (excluding diaryl/α,β-unsaturated/α-hetero) is 1. The minimum atomic E-state index is -0.807. The Bertz CT molecular complexity index is 1380. The van der Waals surface area contributed by atoms with Gasteiger partial charge < -0.3 is 5.11 Å². The van der Waals surface area contributed by atoms with Crippen molar-refractivity contribution in [2.24, 2.45) is 0 Å². The van der Waals surface area contributed by atoms with Crippen LogP contribution in [0.2, 0.25) is 0 Å². The van der Waals surface area contributed by atoms with Crippen molar-refractivity contribution >= 4 is 49.8 Å². The molecule has 32 heavy (non-hydrogen) atoms. The van der Waals surface area contributed by atoms with Gasteiger partial charge in [-0.1, -0.05) is 70.5 Å². The molecule has 1 aliphatic rings. The molecule has 5 nitrogen and oxygen atoms in total. The van der Waals surface area contributed by atoms with E-state index in [0.29, 0.717) is 16.8 Å². The van der Waals surface area contributed by atoms with Gasteiger partial charge in [-0.25, -0.2) is 0 Å². The van der Waals surface area contributed by atoms with Crippen molar-refractivity contribution < 1.29 is 14.7 Å². The van der Waals surface area contributed by atoms with E-state index >= 15 is 0 Å². The zero-order chi connectivity index (χ0) is 22.2. The van der Waals surface area contributed by atoms with Gasteiger partial charge in [0.05, 0.1) is 17.3 Å². The summed E-state index contributed by atoms with van der Waals surface area (Å²) in [6.07, 6.45) is 3.24. The van der Waals surface area contributed by atoms with Gasteiger partial charge >= 0.3 is 0 Å². The van der Waals surface area contributed by atoms with Crippen LogP contribution in [0.15, 0.2) is 101 Å². The lowest BCUT2D eigenvalue weighted by molar-refractivity contribution is -0.132. The number of anilines is 1. The molecule has 0 saturated carbocycles. The number of pyridine rings is 1. The van der Waals surface area contributed by atoms with E-state index < -0.39 is 17.7 Å². The fourth-order valence-corrected chi connectivity index (χ4v) is 4.38. The Morgan fingerprint density at radius 3 is 2.41 bits per heavy atom. The largest absolute Gasteiger partial charge is 0.507 e. The number of fused-ring (bicyclic) bond motifs is 1. The second kappa shape index (κ2) is 8.05. The minimum absolute atomic E-state index is 0.0401. The SMILES string of the molecule is O=C1C(=O)N(c2cccc3ccccc23)C(c2cccnc2)/C1=C(\O)c1ccc(Br)cc1. The van der Waals surface area contributed by atoms with Crippen molar-refractivity contribution in [2.75, 3.05) is 4.90 Å². The van der Waals surface area contributed by atoms with Crippen LogP contribution in [0.4, 0.5) is 5.69 Å². The van der Waals surface area contributed by atoms with E-state index in [9.17, 15) is 14.7 Å². The molecular formula is C26H17BrN2O3. The molecule has 156 valence electrons. The van der Waals surface area contributed by atoms with Crippen LogP contribution < -0.4 is 4.90 Å². The summed E-state index contributed by atoms with van der Waals surface area (Å²) in [7, 11) is 0. The summed E-state index contributed by atoms with van der Waals surface area (Å²) in [5.74, 6) is -1.63. The Morgan fingerprint density at radius 1 is 0.906 bits per heavy atom. The lowest BCUT2D eigenvalue weighted by Gasteiger charge is -2.26. The third-order valence-electron chi connectivity index (χ3n) is 5.59. The maximum absolute atomic E-state index is 13.3. The molecule has 6 heteroatoms. The van der Waals surface area contributed by atoms with Gasteiger partial charge in [0.2, 0.25) is 0 Å².